The SMILES string of the molecule is CC(=O)N[C@@H](Cc1ccc(O)cc1)C(=O)N[C@H](C(=O)N[C@@H](C)C(=O)N[C@@H](CC(=O)O)C(=O)N([N+]=O)c1ccccc1)C(C)C. The molecule has 0 saturated heterocycles. The van der Waals surface area contributed by atoms with Crippen molar-refractivity contribution in [3.8, 4) is 5.75 Å². The zero-order valence-electron chi connectivity index (χ0n) is 24.6. The molecular weight excluding hydrogens is 576 g/mol. The summed E-state index contributed by atoms with van der Waals surface area (Å²) >= 11 is 0. The molecule has 15 heteroatoms. The van der Waals surface area contributed by atoms with Gasteiger partial charge in [-0.3, -0.25) is 28.8 Å². The van der Waals surface area contributed by atoms with Crippen LogP contribution in [0, 0.1) is 10.8 Å². The standard InChI is InChI=1S/C29H36N6O9/c1-16(2)25(33-27(41)22(31-18(4)36)14-19-10-12-21(37)13-11-19)28(42)30-17(3)26(40)32-23(15-24(38)39)29(43)35(34-44)20-8-6-5-7-9-20/h5-13,16-17,22-23,25,37H,14-15H2,1-4H3,(H,30,42)(H,31,36)(H,32,40)(H,33,41)(H,38,39)/q+1/t17-,22-,23-,25-/m0/s1. The number of nitrogens with one attached hydrogen (secondary N) is 4. The Morgan fingerprint density at radius 1 is 0.795 bits per heavy atom. The van der Waals surface area contributed by atoms with E-state index in [0.717, 1.165) is 0 Å². The van der Waals surface area contributed by atoms with Gasteiger partial charge in [-0.2, -0.15) is 0 Å². The number of carbonyl (C=O) groups excluding carboxylic acids is 5. The molecule has 2 rings (SSSR count). The molecule has 2 aromatic rings. The van der Waals surface area contributed by atoms with Gasteiger partial charge in [0.05, 0.1) is 6.42 Å². The fourth-order valence-electron chi connectivity index (χ4n) is 4.08. The smallest absolute Gasteiger partial charge is 0.494 e. The molecule has 0 aliphatic heterocycles. The van der Waals surface area contributed by atoms with Crippen molar-refractivity contribution in [3.05, 3.63) is 65.1 Å². The van der Waals surface area contributed by atoms with E-state index in [1.807, 2.05) is 0 Å². The van der Waals surface area contributed by atoms with Crippen LogP contribution in [-0.2, 0) is 35.2 Å². The predicted octanol–water partition coefficient (Wildman–Crippen LogP) is 0.0948. The van der Waals surface area contributed by atoms with Crippen molar-refractivity contribution in [2.24, 2.45) is 5.92 Å². The van der Waals surface area contributed by atoms with Crippen LogP contribution in [0.25, 0.3) is 0 Å². The van der Waals surface area contributed by atoms with Gasteiger partial charge >= 0.3 is 17.2 Å². The molecule has 1 radical (unpaired) electrons. The van der Waals surface area contributed by atoms with E-state index in [1.54, 1.807) is 32.0 Å². The molecule has 44 heavy (non-hydrogen) atoms. The highest BCUT2D eigenvalue weighted by Gasteiger charge is 2.38. The largest absolute Gasteiger partial charge is 0.508 e. The Labute approximate surface area is 253 Å². The van der Waals surface area contributed by atoms with E-state index in [2.05, 4.69) is 26.6 Å². The minimum Gasteiger partial charge on any atom is -0.508 e. The highest BCUT2D eigenvalue weighted by Crippen LogP contribution is 2.14. The van der Waals surface area contributed by atoms with Crippen molar-refractivity contribution in [2.75, 3.05) is 5.01 Å². The van der Waals surface area contributed by atoms with E-state index in [9.17, 15) is 43.9 Å². The van der Waals surface area contributed by atoms with E-state index in [0.29, 0.717) is 10.6 Å². The number of phenols is 1. The van der Waals surface area contributed by atoms with Crippen molar-refractivity contribution >= 4 is 41.2 Å². The van der Waals surface area contributed by atoms with Crippen LogP contribution in [0.4, 0.5) is 5.69 Å². The zero-order valence-corrected chi connectivity index (χ0v) is 24.6. The maximum atomic E-state index is 13.2. The Bertz CT molecular complexity index is 1350. The number of carboxylic acids is 1. The molecule has 0 spiro atoms. The van der Waals surface area contributed by atoms with E-state index in [4.69, 9.17) is 0 Å². The molecule has 0 unspecified atom stereocenters. The molecule has 0 fully saturated rings. The first kappa shape index (κ1) is 34.9. The van der Waals surface area contributed by atoms with Crippen LogP contribution < -0.4 is 31.6 Å². The van der Waals surface area contributed by atoms with Crippen LogP contribution in [0.2, 0.25) is 0 Å². The number of nitrogens with zero attached hydrogens (tertiary/aromatic N) is 2. The number of carbonyl (C=O) groups is 6. The third kappa shape index (κ3) is 10.5. The Morgan fingerprint density at radius 3 is 1.93 bits per heavy atom. The summed E-state index contributed by atoms with van der Waals surface area (Å²) in [7, 11) is 0. The summed E-state index contributed by atoms with van der Waals surface area (Å²) in [5.41, 5.74) is 0.686. The Hall–Kier alpha value is -5.34. The number of hydrogen-bond acceptors (Lipinski definition) is 9. The molecule has 6 N–H and O–H groups in total. The minimum atomic E-state index is -1.70. The third-order valence-corrected chi connectivity index (χ3v) is 6.35. The molecule has 0 bridgehead atoms. The first-order valence-electron chi connectivity index (χ1n) is 13.6. The van der Waals surface area contributed by atoms with Crippen LogP contribution in [0.5, 0.6) is 5.75 Å². The van der Waals surface area contributed by atoms with Gasteiger partial charge in [0.15, 0.2) is 0 Å². The van der Waals surface area contributed by atoms with E-state index in [-0.39, 0.29) is 17.9 Å². The van der Waals surface area contributed by atoms with Crippen LogP contribution >= 0.6 is 0 Å². The lowest BCUT2D eigenvalue weighted by molar-refractivity contribution is -0.140. The quantitative estimate of drug-likeness (QED) is 0.150. The zero-order chi connectivity index (χ0) is 33.0. The van der Waals surface area contributed by atoms with Gasteiger partial charge in [0.2, 0.25) is 23.6 Å². The van der Waals surface area contributed by atoms with Gasteiger partial charge in [-0.15, -0.1) is 0 Å². The lowest BCUT2D eigenvalue weighted by Gasteiger charge is -2.27. The Kier molecular flexibility index (Phi) is 12.9. The van der Waals surface area contributed by atoms with Gasteiger partial charge in [0.1, 0.15) is 40.5 Å². The summed E-state index contributed by atoms with van der Waals surface area (Å²) < 4.78 is 0. The average Bonchev–Trinajstić information content (AvgIpc) is 2.96. The molecule has 2 aromatic carbocycles. The number of aromatic hydroxyl groups is 1. The summed E-state index contributed by atoms with van der Waals surface area (Å²) in [6.07, 6.45) is -0.814. The molecule has 0 aliphatic carbocycles. The van der Waals surface area contributed by atoms with Crippen LogP contribution in [0.3, 0.4) is 0 Å². The van der Waals surface area contributed by atoms with Crippen LogP contribution in [0.15, 0.2) is 54.6 Å². The second-order valence-electron chi connectivity index (χ2n) is 10.3. The Balaban J connectivity index is 2.14. The number of amides is 5. The maximum absolute atomic E-state index is 13.2. The summed E-state index contributed by atoms with van der Waals surface area (Å²) in [5.74, 6) is -5.85. The topological polar surface area (TPSA) is 225 Å². The lowest BCUT2D eigenvalue weighted by atomic mass is 10.0. The van der Waals surface area contributed by atoms with Crippen LogP contribution in [0.1, 0.15) is 39.7 Å². The number of hydrogen-bond donors (Lipinski definition) is 6. The van der Waals surface area contributed by atoms with E-state index >= 15 is 0 Å². The van der Waals surface area contributed by atoms with E-state index in [1.165, 1.54) is 50.2 Å². The minimum absolute atomic E-state index is 0.0246. The first-order valence-corrected chi connectivity index (χ1v) is 13.6. The summed E-state index contributed by atoms with van der Waals surface area (Å²) in [5, 5.41) is 31.7. The fourth-order valence-corrected chi connectivity index (χ4v) is 4.08. The molecule has 235 valence electrons. The van der Waals surface area contributed by atoms with Crippen molar-refractivity contribution in [1.29, 1.82) is 0 Å². The van der Waals surface area contributed by atoms with Gasteiger partial charge in [-0.25, -0.2) is 0 Å². The molecular formula is C29H36N6O9+. The molecule has 0 aliphatic rings. The van der Waals surface area contributed by atoms with Crippen LogP contribution in [-0.4, -0.2) is 69.9 Å². The Morgan fingerprint density at radius 2 is 1.41 bits per heavy atom. The lowest BCUT2D eigenvalue weighted by Crippen LogP contribution is -2.59. The van der Waals surface area contributed by atoms with Crippen molar-refractivity contribution in [3.63, 3.8) is 0 Å². The number of para-hydroxylation sites is 1. The second-order valence-corrected chi connectivity index (χ2v) is 10.3. The number of phenolic OH excluding ortho intramolecular Hbond substituents is 1. The second kappa shape index (κ2) is 16.3. The van der Waals surface area contributed by atoms with Gasteiger partial charge in [0.25, 0.3) is 0 Å². The normalized spacial score (nSPS) is 13.4. The fraction of sp³-hybridized carbons (Fsp3) is 0.379. The highest BCUT2D eigenvalue weighted by molar-refractivity contribution is 6.01. The van der Waals surface area contributed by atoms with Crippen molar-refractivity contribution < 1.29 is 39.0 Å². The number of anilines is 1. The van der Waals surface area contributed by atoms with E-state index < -0.39 is 72.0 Å². The summed E-state index contributed by atoms with van der Waals surface area (Å²) in [6.45, 7) is 5.81. The predicted molar refractivity (Wildman–Crippen MR) is 157 cm³/mol. The highest BCUT2D eigenvalue weighted by atomic mass is 16.4. The molecule has 0 aromatic heterocycles. The van der Waals surface area contributed by atoms with Gasteiger partial charge in [-0.05, 0) is 42.7 Å². The van der Waals surface area contributed by atoms with Crippen molar-refractivity contribution in [2.45, 2.75) is 64.7 Å². The molecule has 4 atom stereocenters. The third-order valence-electron chi connectivity index (χ3n) is 6.35. The average molecular weight is 613 g/mol. The number of aliphatic carboxylic acids is 1. The molecule has 5 amide bonds. The maximum Gasteiger partial charge on any atom is 0.494 e. The molecule has 15 nitrogen and oxygen atoms in total. The number of carboxylic acid groups (broad SMARTS) is 1. The molecule has 0 saturated carbocycles. The van der Waals surface area contributed by atoms with Crippen molar-refractivity contribution in [1.82, 2.24) is 26.6 Å². The summed E-state index contributed by atoms with van der Waals surface area (Å²) in [4.78, 5) is 86.9. The number of benzene rings is 2. The first-order chi connectivity index (χ1) is 20.7. The number of nitroso groups, excluding NO2 is 1. The van der Waals surface area contributed by atoms with Gasteiger partial charge in [-0.1, -0.05) is 44.2 Å². The van der Waals surface area contributed by atoms with Gasteiger partial charge in [0, 0.05) is 18.4 Å². The molecule has 0 heterocycles. The van der Waals surface area contributed by atoms with Gasteiger partial charge < -0.3 is 31.5 Å². The summed E-state index contributed by atoms with van der Waals surface area (Å²) in [6, 6.07) is 8.26. The number of rotatable bonds is 15. The monoisotopic (exact) mass is 612 g/mol.